The third-order valence-corrected chi connectivity index (χ3v) is 3.48. The summed E-state index contributed by atoms with van der Waals surface area (Å²) < 4.78 is 44.2. The number of halogens is 4. The van der Waals surface area contributed by atoms with Crippen molar-refractivity contribution in [2.45, 2.75) is 19.2 Å². The zero-order valence-corrected chi connectivity index (χ0v) is 13.6. The Balaban J connectivity index is 2.02. The van der Waals surface area contributed by atoms with Gasteiger partial charge in [0.25, 0.3) is 5.91 Å². The molecule has 1 N–H and O–H groups in total. The molecule has 0 heterocycles. The number of rotatable bonds is 4. The van der Waals surface area contributed by atoms with Gasteiger partial charge in [0, 0.05) is 10.2 Å². The minimum atomic E-state index is -4.46. The van der Waals surface area contributed by atoms with E-state index in [0.29, 0.717) is 5.75 Å². The van der Waals surface area contributed by atoms with Gasteiger partial charge in [0.1, 0.15) is 5.75 Å². The number of alkyl halides is 3. The maximum Gasteiger partial charge on any atom is 0.416 e. The zero-order valence-electron chi connectivity index (χ0n) is 12.0. The van der Waals surface area contributed by atoms with Crippen molar-refractivity contribution in [1.29, 1.82) is 0 Å². The number of nitrogens with one attached hydrogen (secondary N) is 1. The predicted octanol–water partition coefficient (Wildman–Crippen LogP) is 4.87. The van der Waals surface area contributed by atoms with E-state index >= 15 is 0 Å². The summed E-state index contributed by atoms with van der Waals surface area (Å²) in [5.74, 6) is -0.0489. The number of carbonyl (C=O) groups is 1. The van der Waals surface area contributed by atoms with Crippen LogP contribution in [0.3, 0.4) is 0 Å². The molecule has 0 aliphatic carbocycles. The highest BCUT2D eigenvalue weighted by molar-refractivity contribution is 9.10. The van der Waals surface area contributed by atoms with Crippen molar-refractivity contribution in [1.82, 2.24) is 0 Å². The quantitative estimate of drug-likeness (QED) is 0.812. The largest absolute Gasteiger partial charge is 0.481 e. The standard InChI is InChI=1S/C16H13BrF3NO2/c1-10(23-14-7-5-12(17)6-8-14)15(22)21-13-4-2-3-11(9-13)16(18,19)20/h2-10H,1H3,(H,21,22). The van der Waals surface area contributed by atoms with Gasteiger partial charge in [-0.05, 0) is 49.4 Å². The molecule has 0 fully saturated rings. The molecule has 0 saturated carbocycles. The maximum atomic E-state index is 12.6. The van der Waals surface area contributed by atoms with Crippen molar-refractivity contribution in [2.24, 2.45) is 0 Å². The molecule has 1 unspecified atom stereocenters. The summed E-state index contributed by atoms with van der Waals surface area (Å²) in [5, 5.41) is 2.41. The van der Waals surface area contributed by atoms with E-state index in [2.05, 4.69) is 21.2 Å². The SMILES string of the molecule is CC(Oc1ccc(Br)cc1)C(=O)Nc1cccc(C(F)(F)F)c1. The van der Waals surface area contributed by atoms with E-state index in [-0.39, 0.29) is 5.69 Å². The highest BCUT2D eigenvalue weighted by Crippen LogP contribution is 2.30. The lowest BCUT2D eigenvalue weighted by atomic mass is 10.2. The molecule has 2 rings (SSSR count). The second-order valence-electron chi connectivity index (χ2n) is 4.78. The Morgan fingerprint density at radius 1 is 1.17 bits per heavy atom. The first-order chi connectivity index (χ1) is 10.8. The van der Waals surface area contributed by atoms with Crippen molar-refractivity contribution >= 4 is 27.5 Å². The van der Waals surface area contributed by atoms with Gasteiger partial charge in [0.2, 0.25) is 0 Å². The van der Waals surface area contributed by atoms with Crippen molar-refractivity contribution < 1.29 is 22.7 Å². The van der Waals surface area contributed by atoms with Gasteiger partial charge in [-0.15, -0.1) is 0 Å². The Morgan fingerprint density at radius 2 is 1.83 bits per heavy atom. The predicted molar refractivity (Wildman–Crippen MR) is 84.3 cm³/mol. The maximum absolute atomic E-state index is 12.6. The van der Waals surface area contributed by atoms with Gasteiger partial charge < -0.3 is 10.1 Å². The lowest BCUT2D eigenvalue weighted by Gasteiger charge is -2.15. The minimum Gasteiger partial charge on any atom is -0.481 e. The highest BCUT2D eigenvalue weighted by atomic mass is 79.9. The number of anilines is 1. The molecule has 1 amide bonds. The molecule has 0 aliphatic heterocycles. The van der Waals surface area contributed by atoms with Crippen molar-refractivity contribution in [3.8, 4) is 5.75 Å². The summed E-state index contributed by atoms with van der Waals surface area (Å²) >= 11 is 3.28. The fourth-order valence-electron chi connectivity index (χ4n) is 1.79. The number of carbonyl (C=O) groups excluding carboxylic acids is 1. The van der Waals surface area contributed by atoms with Crippen LogP contribution in [-0.4, -0.2) is 12.0 Å². The van der Waals surface area contributed by atoms with Crippen LogP contribution in [0.1, 0.15) is 12.5 Å². The van der Waals surface area contributed by atoms with Gasteiger partial charge in [-0.2, -0.15) is 13.2 Å². The fourth-order valence-corrected chi connectivity index (χ4v) is 2.05. The number of amides is 1. The van der Waals surface area contributed by atoms with Gasteiger partial charge >= 0.3 is 6.18 Å². The Bertz CT molecular complexity index is 686. The van der Waals surface area contributed by atoms with Crippen molar-refractivity contribution in [2.75, 3.05) is 5.32 Å². The van der Waals surface area contributed by atoms with Crippen LogP contribution in [-0.2, 0) is 11.0 Å². The van der Waals surface area contributed by atoms with Crippen LogP contribution >= 0.6 is 15.9 Å². The minimum absolute atomic E-state index is 0.0658. The summed E-state index contributed by atoms with van der Waals surface area (Å²) in [6.07, 6.45) is -5.31. The second-order valence-corrected chi connectivity index (χ2v) is 5.70. The molecule has 0 spiro atoms. The average molecular weight is 388 g/mol. The van der Waals surface area contributed by atoms with E-state index in [4.69, 9.17) is 4.74 Å². The molecule has 23 heavy (non-hydrogen) atoms. The summed E-state index contributed by atoms with van der Waals surface area (Å²) in [6, 6.07) is 11.3. The van der Waals surface area contributed by atoms with E-state index in [1.54, 1.807) is 24.3 Å². The van der Waals surface area contributed by atoms with E-state index in [9.17, 15) is 18.0 Å². The van der Waals surface area contributed by atoms with Gasteiger partial charge in [-0.25, -0.2) is 0 Å². The lowest BCUT2D eigenvalue weighted by Crippen LogP contribution is -2.30. The van der Waals surface area contributed by atoms with Crippen molar-refractivity contribution in [3.05, 3.63) is 58.6 Å². The summed E-state index contributed by atoms with van der Waals surface area (Å²) in [7, 11) is 0. The smallest absolute Gasteiger partial charge is 0.416 e. The molecule has 0 aromatic heterocycles. The summed E-state index contributed by atoms with van der Waals surface area (Å²) in [4.78, 5) is 12.0. The number of ether oxygens (including phenoxy) is 1. The first kappa shape index (κ1) is 17.3. The van der Waals surface area contributed by atoms with E-state index in [0.717, 1.165) is 16.6 Å². The Labute approximate surface area is 139 Å². The average Bonchev–Trinajstić information content (AvgIpc) is 2.49. The highest BCUT2D eigenvalue weighted by Gasteiger charge is 2.30. The third kappa shape index (κ3) is 4.99. The number of benzene rings is 2. The van der Waals surface area contributed by atoms with Crippen LogP contribution in [0.25, 0.3) is 0 Å². The molecule has 0 aliphatic rings. The Morgan fingerprint density at radius 3 is 2.43 bits per heavy atom. The molecule has 0 saturated heterocycles. The van der Waals surface area contributed by atoms with Gasteiger partial charge in [0.05, 0.1) is 5.56 Å². The van der Waals surface area contributed by atoms with Crippen LogP contribution in [0.5, 0.6) is 5.75 Å². The second kappa shape index (κ2) is 7.04. The molecule has 2 aromatic carbocycles. The molecular weight excluding hydrogens is 375 g/mol. The number of hydrogen-bond donors (Lipinski definition) is 1. The first-order valence-electron chi connectivity index (χ1n) is 6.66. The first-order valence-corrected chi connectivity index (χ1v) is 7.45. The fraction of sp³-hybridized carbons (Fsp3) is 0.188. The van der Waals surface area contributed by atoms with Crippen LogP contribution in [0, 0.1) is 0 Å². The monoisotopic (exact) mass is 387 g/mol. The van der Waals surface area contributed by atoms with E-state index < -0.39 is 23.8 Å². The van der Waals surface area contributed by atoms with Crippen LogP contribution in [0.4, 0.5) is 18.9 Å². The topological polar surface area (TPSA) is 38.3 Å². The summed E-state index contributed by atoms with van der Waals surface area (Å²) in [6.45, 7) is 1.52. The molecule has 3 nitrogen and oxygen atoms in total. The van der Waals surface area contributed by atoms with Crippen LogP contribution in [0.15, 0.2) is 53.0 Å². The molecule has 122 valence electrons. The van der Waals surface area contributed by atoms with Gasteiger partial charge in [-0.3, -0.25) is 4.79 Å². The van der Waals surface area contributed by atoms with Gasteiger partial charge in [0.15, 0.2) is 6.10 Å². The van der Waals surface area contributed by atoms with Crippen LogP contribution in [0.2, 0.25) is 0 Å². The normalized spacial score (nSPS) is 12.6. The summed E-state index contributed by atoms with van der Waals surface area (Å²) in [5.41, 5.74) is -0.757. The molecule has 7 heteroatoms. The molecule has 0 radical (unpaired) electrons. The molecule has 0 bridgehead atoms. The molecule has 2 aromatic rings. The molecular formula is C16H13BrF3NO2. The zero-order chi connectivity index (χ0) is 17.0. The van der Waals surface area contributed by atoms with Gasteiger partial charge in [-0.1, -0.05) is 22.0 Å². The number of hydrogen-bond acceptors (Lipinski definition) is 2. The molecule has 1 atom stereocenters. The lowest BCUT2D eigenvalue weighted by molar-refractivity contribution is -0.137. The van der Waals surface area contributed by atoms with E-state index in [1.165, 1.54) is 19.1 Å². The Kier molecular flexibility index (Phi) is 5.30. The van der Waals surface area contributed by atoms with Crippen LogP contribution < -0.4 is 10.1 Å². The Hall–Kier alpha value is -2.02. The third-order valence-electron chi connectivity index (χ3n) is 2.95. The van der Waals surface area contributed by atoms with Crippen molar-refractivity contribution in [3.63, 3.8) is 0 Å². The van der Waals surface area contributed by atoms with E-state index in [1.807, 2.05) is 0 Å².